The maximum absolute atomic E-state index is 11.8. The molecule has 0 atom stereocenters. The molecule has 0 aromatic carbocycles. The molecule has 0 saturated heterocycles. The third-order valence-corrected chi connectivity index (χ3v) is 2.51. The summed E-state index contributed by atoms with van der Waals surface area (Å²) >= 11 is 11.4. The minimum absolute atomic E-state index is 0.184. The Kier molecular flexibility index (Phi) is 4.11. The molecule has 0 spiro atoms. The van der Waals surface area contributed by atoms with Crippen molar-refractivity contribution in [3.05, 3.63) is 40.4 Å². The first-order valence-electron chi connectivity index (χ1n) is 5.10. The minimum atomic E-state index is -0.263. The lowest BCUT2D eigenvalue weighted by molar-refractivity contribution is 0.0951. The van der Waals surface area contributed by atoms with E-state index < -0.39 is 0 Å². The molecule has 18 heavy (non-hydrogen) atoms. The van der Waals surface area contributed by atoms with Gasteiger partial charge in [-0.25, -0.2) is 4.98 Å². The van der Waals surface area contributed by atoms with E-state index in [-0.39, 0.29) is 16.2 Å². The molecule has 0 saturated carbocycles. The van der Waals surface area contributed by atoms with Crippen LogP contribution in [0.15, 0.2) is 24.5 Å². The van der Waals surface area contributed by atoms with E-state index in [1.165, 1.54) is 12.1 Å². The second kappa shape index (κ2) is 5.79. The highest BCUT2D eigenvalue weighted by Gasteiger charge is 2.08. The lowest BCUT2D eigenvalue weighted by Crippen LogP contribution is -2.27. The first-order chi connectivity index (χ1) is 8.65. The standard InChI is InChI=1S/C10H9Cl2N5O/c11-8-5-7(6-9(12)15-8)10(18)13-1-3-17-4-2-14-16-17/h2,4-6H,1,3H2,(H,13,18). The van der Waals surface area contributed by atoms with E-state index in [1.807, 2.05) is 0 Å². The van der Waals surface area contributed by atoms with E-state index >= 15 is 0 Å². The highest BCUT2D eigenvalue weighted by atomic mass is 35.5. The molecule has 6 nitrogen and oxygen atoms in total. The fourth-order valence-corrected chi connectivity index (χ4v) is 1.79. The smallest absolute Gasteiger partial charge is 0.251 e. The van der Waals surface area contributed by atoms with Crippen LogP contribution < -0.4 is 5.32 Å². The van der Waals surface area contributed by atoms with Crippen LogP contribution >= 0.6 is 23.2 Å². The Labute approximate surface area is 113 Å². The van der Waals surface area contributed by atoms with Crippen LogP contribution in [0.4, 0.5) is 0 Å². The first-order valence-corrected chi connectivity index (χ1v) is 5.86. The van der Waals surface area contributed by atoms with Gasteiger partial charge in [-0.2, -0.15) is 0 Å². The zero-order chi connectivity index (χ0) is 13.0. The molecule has 8 heteroatoms. The molecule has 2 rings (SSSR count). The molecule has 2 heterocycles. The van der Waals surface area contributed by atoms with Crippen LogP contribution in [-0.4, -0.2) is 32.4 Å². The highest BCUT2D eigenvalue weighted by molar-refractivity contribution is 6.33. The summed E-state index contributed by atoms with van der Waals surface area (Å²) in [6.45, 7) is 0.970. The van der Waals surface area contributed by atoms with Crippen LogP contribution in [-0.2, 0) is 6.54 Å². The van der Waals surface area contributed by atoms with Gasteiger partial charge in [0.05, 0.1) is 12.7 Å². The summed E-state index contributed by atoms with van der Waals surface area (Å²) in [6.07, 6.45) is 3.29. The molecule has 0 aliphatic carbocycles. The zero-order valence-corrected chi connectivity index (χ0v) is 10.7. The third-order valence-electron chi connectivity index (χ3n) is 2.12. The van der Waals surface area contributed by atoms with Crippen molar-refractivity contribution in [3.8, 4) is 0 Å². The maximum Gasteiger partial charge on any atom is 0.251 e. The van der Waals surface area contributed by atoms with Gasteiger partial charge in [-0.3, -0.25) is 9.48 Å². The van der Waals surface area contributed by atoms with Crippen molar-refractivity contribution in [3.63, 3.8) is 0 Å². The quantitative estimate of drug-likeness (QED) is 0.862. The Morgan fingerprint density at radius 3 is 2.67 bits per heavy atom. The maximum atomic E-state index is 11.8. The van der Waals surface area contributed by atoms with Gasteiger partial charge in [0, 0.05) is 18.3 Å². The van der Waals surface area contributed by atoms with Gasteiger partial charge in [-0.15, -0.1) is 5.10 Å². The van der Waals surface area contributed by atoms with Crippen molar-refractivity contribution in [2.75, 3.05) is 6.54 Å². The lowest BCUT2D eigenvalue weighted by atomic mass is 10.2. The van der Waals surface area contributed by atoms with E-state index in [0.717, 1.165) is 0 Å². The van der Waals surface area contributed by atoms with Crippen LogP contribution in [0.5, 0.6) is 0 Å². The highest BCUT2D eigenvalue weighted by Crippen LogP contribution is 2.14. The average Bonchev–Trinajstić information content (AvgIpc) is 2.80. The number of hydrogen-bond acceptors (Lipinski definition) is 4. The van der Waals surface area contributed by atoms with Crippen molar-refractivity contribution < 1.29 is 4.79 Å². The van der Waals surface area contributed by atoms with E-state index in [2.05, 4.69) is 20.6 Å². The summed E-state index contributed by atoms with van der Waals surface area (Å²) in [7, 11) is 0. The molecule has 0 radical (unpaired) electrons. The van der Waals surface area contributed by atoms with Crippen LogP contribution in [0, 0.1) is 0 Å². The molecule has 0 aliphatic heterocycles. The number of halogens is 2. The molecule has 0 unspecified atom stereocenters. The van der Waals surface area contributed by atoms with Crippen molar-refractivity contribution in [1.82, 2.24) is 25.3 Å². The monoisotopic (exact) mass is 285 g/mol. The SMILES string of the molecule is O=C(NCCn1ccnn1)c1cc(Cl)nc(Cl)c1. The van der Waals surface area contributed by atoms with Crippen molar-refractivity contribution in [2.24, 2.45) is 0 Å². The summed E-state index contributed by atoms with van der Waals surface area (Å²) < 4.78 is 1.62. The van der Waals surface area contributed by atoms with Gasteiger partial charge in [0.1, 0.15) is 10.3 Å². The summed E-state index contributed by atoms with van der Waals surface area (Å²) in [5, 5.41) is 10.5. The molecular weight excluding hydrogens is 277 g/mol. The fourth-order valence-electron chi connectivity index (χ4n) is 1.33. The predicted octanol–water partition coefficient (Wildman–Crippen LogP) is 1.41. The Hall–Kier alpha value is -1.66. The van der Waals surface area contributed by atoms with Crippen LogP contribution in [0.2, 0.25) is 10.3 Å². The normalized spacial score (nSPS) is 10.3. The molecule has 94 valence electrons. The van der Waals surface area contributed by atoms with Crippen LogP contribution in [0.3, 0.4) is 0 Å². The molecule has 0 bridgehead atoms. The number of nitrogens with zero attached hydrogens (tertiary/aromatic N) is 4. The molecule has 1 amide bonds. The topological polar surface area (TPSA) is 72.7 Å². The number of hydrogen-bond donors (Lipinski definition) is 1. The molecular formula is C10H9Cl2N5O. The van der Waals surface area contributed by atoms with Gasteiger partial charge in [-0.1, -0.05) is 28.4 Å². The average molecular weight is 286 g/mol. The second-order valence-corrected chi connectivity index (χ2v) is 4.20. The molecule has 2 aromatic rings. The fraction of sp³-hybridized carbons (Fsp3) is 0.200. The van der Waals surface area contributed by atoms with E-state index in [9.17, 15) is 4.79 Å². The van der Waals surface area contributed by atoms with Crippen molar-refractivity contribution in [2.45, 2.75) is 6.54 Å². The number of aromatic nitrogens is 4. The van der Waals surface area contributed by atoms with Gasteiger partial charge in [0.25, 0.3) is 5.91 Å². The Morgan fingerprint density at radius 1 is 1.33 bits per heavy atom. The number of nitrogens with one attached hydrogen (secondary N) is 1. The van der Waals surface area contributed by atoms with Gasteiger partial charge in [0.15, 0.2) is 0 Å². The molecule has 0 aliphatic rings. The molecule has 1 N–H and O–H groups in total. The Morgan fingerprint density at radius 2 is 2.06 bits per heavy atom. The van der Waals surface area contributed by atoms with Crippen molar-refractivity contribution >= 4 is 29.1 Å². The van der Waals surface area contributed by atoms with E-state index in [4.69, 9.17) is 23.2 Å². The van der Waals surface area contributed by atoms with Crippen LogP contribution in [0.1, 0.15) is 10.4 Å². The zero-order valence-electron chi connectivity index (χ0n) is 9.18. The summed E-state index contributed by atoms with van der Waals surface area (Å²) in [5.41, 5.74) is 0.374. The predicted molar refractivity (Wildman–Crippen MR) is 66.6 cm³/mol. The minimum Gasteiger partial charge on any atom is -0.350 e. The number of amides is 1. The number of pyridine rings is 1. The number of rotatable bonds is 4. The second-order valence-electron chi connectivity index (χ2n) is 3.42. The number of carbonyl (C=O) groups is 1. The van der Waals surface area contributed by atoms with Crippen molar-refractivity contribution in [1.29, 1.82) is 0 Å². The first kappa shape index (κ1) is 12.8. The van der Waals surface area contributed by atoms with Crippen LogP contribution in [0.25, 0.3) is 0 Å². The van der Waals surface area contributed by atoms with E-state index in [0.29, 0.717) is 18.7 Å². The molecule has 0 fully saturated rings. The third kappa shape index (κ3) is 3.41. The van der Waals surface area contributed by atoms with Gasteiger partial charge >= 0.3 is 0 Å². The lowest BCUT2D eigenvalue weighted by Gasteiger charge is -2.05. The number of carbonyl (C=O) groups excluding carboxylic acids is 1. The van der Waals surface area contributed by atoms with Gasteiger partial charge in [-0.05, 0) is 12.1 Å². The van der Waals surface area contributed by atoms with E-state index in [1.54, 1.807) is 17.1 Å². The van der Waals surface area contributed by atoms with Gasteiger partial charge < -0.3 is 5.32 Å². The molecule has 2 aromatic heterocycles. The van der Waals surface area contributed by atoms with Gasteiger partial charge in [0.2, 0.25) is 0 Å². The summed E-state index contributed by atoms with van der Waals surface area (Å²) in [4.78, 5) is 15.5. The largest absolute Gasteiger partial charge is 0.350 e. The Bertz CT molecular complexity index is 523. The summed E-state index contributed by atoms with van der Waals surface area (Å²) in [5.74, 6) is -0.263. The Balaban J connectivity index is 1.91. The summed E-state index contributed by atoms with van der Waals surface area (Å²) in [6, 6.07) is 2.91.